The summed E-state index contributed by atoms with van der Waals surface area (Å²) in [5, 5.41) is 3.74. The second kappa shape index (κ2) is 3.02. The molecule has 1 heteroatoms. The molecule has 0 heterocycles. The Bertz CT molecular complexity index is 154. The van der Waals surface area contributed by atoms with Gasteiger partial charge in [-0.25, -0.2) is 0 Å². The minimum atomic E-state index is 0.701. The number of hydrogen-bond donors (Lipinski definition) is 1. The molecule has 2 aliphatic rings. The van der Waals surface area contributed by atoms with Gasteiger partial charge in [-0.05, 0) is 43.9 Å². The maximum Gasteiger partial charge on any atom is 0.00751 e. The van der Waals surface area contributed by atoms with Crippen LogP contribution < -0.4 is 5.32 Å². The molecule has 70 valence electrons. The third-order valence-electron chi connectivity index (χ3n) is 3.74. The van der Waals surface area contributed by atoms with Crippen LogP contribution >= 0.6 is 0 Å². The first-order valence-corrected chi connectivity index (χ1v) is 5.43. The van der Waals surface area contributed by atoms with Crippen molar-refractivity contribution in [3.05, 3.63) is 0 Å². The molecule has 0 aliphatic heterocycles. The molecule has 0 amide bonds. The van der Waals surface area contributed by atoms with Crippen LogP contribution in [0.5, 0.6) is 0 Å². The zero-order valence-electron chi connectivity index (χ0n) is 8.51. The topological polar surface area (TPSA) is 12.0 Å². The highest BCUT2D eigenvalue weighted by atomic mass is 15.0. The maximum atomic E-state index is 3.74. The molecule has 0 radical (unpaired) electrons. The lowest BCUT2D eigenvalue weighted by Gasteiger charge is -2.23. The van der Waals surface area contributed by atoms with Crippen LogP contribution in [0.2, 0.25) is 0 Å². The Balaban J connectivity index is 1.73. The third-order valence-corrected chi connectivity index (χ3v) is 3.74. The van der Waals surface area contributed by atoms with Crippen molar-refractivity contribution in [1.29, 1.82) is 0 Å². The number of rotatable bonds is 3. The fourth-order valence-electron chi connectivity index (χ4n) is 2.42. The lowest BCUT2D eigenvalue weighted by atomic mass is 10.0. The summed E-state index contributed by atoms with van der Waals surface area (Å²) in [6, 6.07) is 1.55. The van der Waals surface area contributed by atoms with Crippen molar-refractivity contribution in [2.45, 2.75) is 52.1 Å². The van der Waals surface area contributed by atoms with E-state index in [4.69, 9.17) is 0 Å². The zero-order chi connectivity index (χ0) is 8.72. The van der Waals surface area contributed by atoms with Crippen LogP contribution in [0, 0.1) is 17.8 Å². The fraction of sp³-hybridized carbons (Fsp3) is 1.00. The lowest BCUT2D eigenvalue weighted by Crippen LogP contribution is -2.38. The van der Waals surface area contributed by atoms with Gasteiger partial charge >= 0.3 is 0 Å². The van der Waals surface area contributed by atoms with Crippen LogP contribution in [0.15, 0.2) is 0 Å². The molecule has 2 rings (SSSR count). The van der Waals surface area contributed by atoms with Gasteiger partial charge < -0.3 is 5.32 Å². The molecule has 0 bridgehead atoms. The molecule has 3 atom stereocenters. The summed E-state index contributed by atoms with van der Waals surface area (Å²) in [7, 11) is 0. The van der Waals surface area contributed by atoms with E-state index in [-0.39, 0.29) is 0 Å². The first-order chi connectivity index (χ1) is 5.66. The molecule has 0 spiro atoms. The van der Waals surface area contributed by atoms with Crippen LogP contribution in [0.25, 0.3) is 0 Å². The molecular formula is C11H21N. The summed E-state index contributed by atoms with van der Waals surface area (Å²) in [5.74, 6) is 3.01. The highest BCUT2D eigenvalue weighted by molar-refractivity contribution is 4.99. The Morgan fingerprint density at radius 3 is 2.08 bits per heavy atom. The van der Waals surface area contributed by atoms with E-state index in [0.29, 0.717) is 6.04 Å². The van der Waals surface area contributed by atoms with Crippen LogP contribution in [-0.2, 0) is 0 Å². The van der Waals surface area contributed by atoms with E-state index >= 15 is 0 Å². The summed E-state index contributed by atoms with van der Waals surface area (Å²) in [5.41, 5.74) is 0. The first kappa shape index (κ1) is 8.55. The van der Waals surface area contributed by atoms with Gasteiger partial charge in [0, 0.05) is 12.1 Å². The molecule has 12 heavy (non-hydrogen) atoms. The highest BCUT2D eigenvalue weighted by Crippen LogP contribution is 2.51. The second-order valence-electron chi connectivity index (χ2n) is 5.12. The molecule has 2 fully saturated rings. The molecule has 2 saturated carbocycles. The summed E-state index contributed by atoms with van der Waals surface area (Å²) < 4.78 is 0. The van der Waals surface area contributed by atoms with Crippen LogP contribution in [0.3, 0.4) is 0 Å². The van der Waals surface area contributed by atoms with Crippen LogP contribution in [0.4, 0.5) is 0 Å². The predicted molar refractivity (Wildman–Crippen MR) is 52.1 cm³/mol. The van der Waals surface area contributed by atoms with Crippen LogP contribution in [-0.4, -0.2) is 12.1 Å². The predicted octanol–water partition coefficient (Wildman–Crippen LogP) is 2.42. The lowest BCUT2D eigenvalue weighted by molar-refractivity contribution is 0.359. The molecular weight excluding hydrogens is 146 g/mol. The highest BCUT2D eigenvalue weighted by Gasteiger charge is 2.45. The largest absolute Gasteiger partial charge is 0.311 e. The van der Waals surface area contributed by atoms with Crippen molar-refractivity contribution in [3.8, 4) is 0 Å². The minimum absolute atomic E-state index is 0.701. The van der Waals surface area contributed by atoms with Gasteiger partial charge in [-0.15, -0.1) is 0 Å². The molecule has 0 aromatic heterocycles. The molecule has 0 aromatic rings. The average Bonchev–Trinajstić information content (AvgIpc) is 2.59. The van der Waals surface area contributed by atoms with E-state index in [2.05, 4.69) is 26.1 Å². The Morgan fingerprint density at radius 1 is 1.00 bits per heavy atom. The van der Waals surface area contributed by atoms with E-state index in [1.54, 1.807) is 0 Å². The van der Waals surface area contributed by atoms with Gasteiger partial charge in [-0.1, -0.05) is 13.8 Å². The zero-order valence-corrected chi connectivity index (χ0v) is 8.51. The smallest absolute Gasteiger partial charge is 0.00751 e. The monoisotopic (exact) mass is 167 g/mol. The second-order valence-corrected chi connectivity index (χ2v) is 5.12. The van der Waals surface area contributed by atoms with Crippen molar-refractivity contribution >= 4 is 0 Å². The first-order valence-electron chi connectivity index (χ1n) is 5.43. The van der Waals surface area contributed by atoms with Gasteiger partial charge in [0.25, 0.3) is 0 Å². The average molecular weight is 167 g/mol. The minimum Gasteiger partial charge on any atom is -0.311 e. The fourth-order valence-corrected chi connectivity index (χ4v) is 2.42. The Hall–Kier alpha value is -0.0400. The van der Waals surface area contributed by atoms with Gasteiger partial charge in [0.2, 0.25) is 0 Å². The van der Waals surface area contributed by atoms with Gasteiger partial charge in [-0.3, -0.25) is 0 Å². The van der Waals surface area contributed by atoms with Crippen molar-refractivity contribution in [3.63, 3.8) is 0 Å². The van der Waals surface area contributed by atoms with E-state index < -0.39 is 0 Å². The van der Waals surface area contributed by atoms with Crippen molar-refractivity contribution in [2.75, 3.05) is 0 Å². The maximum absolute atomic E-state index is 3.74. The van der Waals surface area contributed by atoms with E-state index in [1.807, 2.05) is 0 Å². The summed E-state index contributed by atoms with van der Waals surface area (Å²) in [6.07, 6.45) is 4.46. The molecule has 2 aliphatic carbocycles. The molecule has 3 unspecified atom stereocenters. The quantitative estimate of drug-likeness (QED) is 0.680. The van der Waals surface area contributed by atoms with Crippen molar-refractivity contribution < 1.29 is 0 Å². The van der Waals surface area contributed by atoms with E-state index in [0.717, 1.165) is 23.8 Å². The van der Waals surface area contributed by atoms with Gasteiger partial charge in [0.1, 0.15) is 0 Å². The van der Waals surface area contributed by atoms with Crippen molar-refractivity contribution in [2.24, 2.45) is 17.8 Å². The normalized spacial score (nSPS) is 41.5. The van der Waals surface area contributed by atoms with Gasteiger partial charge in [0.05, 0.1) is 0 Å². The van der Waals surface area contributed by atoms with E-state index in [1.165, 1.54) is 19.3 Å². The molecule has 0 aromatic carbocycles. The number of hydrogen-bond acceptors (Lipinski definition) is 1. The standard InChI is InChI=1S/C11H21N/c1-7(2)8(3)12-11-5-9-4-10(9)6-11/h7-12H,4-6H2,1-3H3. The third kappa shape index (κ3) is 1.66. The number of nitrogens with one attached hydrogen (secondary N) is 1. The summed E-state index contributed by atoms with van der Waals surface area (Å²) in [6.45, 7) is 6.91. The molecule has 1 N–H and O–H groups in total. The molecule has 1 nitrogen and oxygen atoms in total. The van der Waals surface area contributed by atoms with Crippen molar-refractivity contribution in [1.82, 2.24) is 5.32 Å². The Kier molecular flexibility index (Phi) is 2.16. The van der Waals surface area contributed by atoms with Gasteiger partial charge in [-0.2, -0.15) is 0 Å². The Morgan fingerprint density at radius 2 is 1.58 bits per heavy atom. The Labute approximate surface area is 75.9 Å². The summed E-state index contributed by atoms with van der Waals surface area (Å²) in [4.78, 5) is 0. The van der Waals surface area contributed by atoms with Gasteiger partial charge in [0.15, 0.2) is 0 Å². The molecule has 0 saturated heterocycles. The summed E-state index contributed by atoms with van der Waals surface area (Å²) >= 11 is 0. The SMILES string of the molecule is CC(C)C(C)NC1CC2CC2C1. The number of fused-ring (bicyclic) bond motifs is 1. The van der Waals surface area contributed by atoms with E-state index in [9.17, 15) is 0 Å². The van der Waals surface area contributed by atoms with Crippen LogP contribution in [0.1, 0.15) is 40.0 Å².